The zero-order valence-corrected chi connectivity index (χ0v) is 11.0. The number of rotatable bonds is 3. The number of thioether (sulfide) groups is 1. The minimum atomic E-state index is 0.141. The van der Waals surface area contributed by atoms with Gasteiger partial charge in [0.05, 0.1) is 5.60 Å². The molecule has 0 bridgehead atoms. The van der Waals surface area contributed by atoms with Gasteiger partial charge in [-0.25, -0.2) is 0 Å². The van der Waals surface area contributed by atoms with E-state index >= 15 is 0 Å². The standard InChI is InChI=1S/C13H22O2S/c1-2-12(14)9-11-3-6-15-13(10-11)4-7-16-8-5-13/h11H,2-10H2,1H3. The fraction of sp³-hybridized carbons (Fsp3) is 0.923. The summed E-state index contributed by atoms with van der Waals surface area (Å²) in [5, 5.41) is 0. The number of carbonyl (C=O) groups excluding carboxylic acids is 1. The van der Waals surface area contributed by atoms with Crippen LogP contribution < -0.4 is 0 Å². The van der Waals surface area contributed by atoms with E-state index in [1.807, 2.05) is 18.7 Å². The van der Waals surface area contributed by atoms with Gasteiger partial charge in [0.2, 0.25) is 0 Å². The Hall–Kier alpha value is -0.0200. The summed E-state index contributed by atoms with van der Waals surface area (Å²) in [7, 11) is 0. The fourth-order valence-corrected chi connectivity index (χ4v) is 4.10. The van der Waals surface area contributed by atoms with E-state index in [9.17, 15) is 4.79 Å². The van der Waals surface area contributed by atoms with Crippen molar-refractivity contribution in [3.63, 3.8) is 0 Å². The predicted octanol–water partition coefficient (Wildman–Crippen LogP) is 3.05. The second-order valence-corrected chi connectivity index (χ2v) is 6.32. The van der Waals surface area contributed by atoms with E-state index in [1.165, 1.54) is 24.3 Å². The van der Waals surface area contributed by atoms with Crippen LogP contribution in [0.15, 0.2) is 0 Å². The van der Waals surface area contributed by atoms with Gasteiger partial charge >= 0.3 is 0 Å². The van der Waals surface area contributed by atoms with Crippen LogP contribution in [0, 0.1) is 5.92 Å². The molecule has 2 aliphatic heterocycles. The highest BCUT2D eigenvalue weighted by Crippen LogP contribution is 2.40. The molecule has 0 radical (unpaired) electrons. The number of hydrogen-bond acceptors (Lipinski definition) is 3. The van der Waals surface area contributed by atoms with Gasteiger partial charge in [0.25, 0.3) is 0 Å². The largest absolute Gasteiger partial charge is 0.375 e. The topological polar surface area (TPSA) is 26.3 Å². The van der Waals surface area contributed by atoms with Crippen molar-refractivity contribution in [1.82, 2.24) is 0 Å². The van der Waals surface area contributed by atoms with Crippen LogP contribution >= 0.6 is 11.8 Å². The summed E-state index contributed by atoms with van der Waals surface area (Å²) in [6, 6.07) is 0. The summed E-state index contributed by atoms with van der Waals surface area (Å²) < 4.78 is 6.03. The maximum atomic E-state index is 11.5. The lowest BCUT2D eigenvalue weighted by Crippen LogP contribution is -2.43. The molecule has 2 saturated heterocycles. The first-order valence-electron chi connectivity index (χ1n) is 6.47. The summed E-state index contributed by atoms with van der Waals surface area (Å²) in [6.45, 7) is 2.83. The van der Waals surface area contributed by atoms with E-state index in [2.05, 4.69) is 0 Å². The van der Waals surface area contributed by atoms with E-state index in [-0.39, 0.29) is 5.60 Å². The molecule has 3 heteroatoms. The van der Waals surface area contributed by atoms with Crippen LogP contribution in [0.1, 0.15) is 45.4 Å². The Bertz CT molecular complexity index is 241. The average molecular weight is 242 g/mol. The molecule has 1 unspecified atom stereocenters. The predicted molar refractivity (Wildman–Crippen MR) is 67.9 cm³/mol. The number of carbonyl (C=O) groups is 1. The lowest BCUT2D eigenvalue weighted by molar-refractivity contribution is -0.125. The Balaban J connectivity index is 1.90. The number of ether oxygens (including phenoxy) is 1. The molecule has 92 valence electrons. The van der Waals surface area contributed by atoms with E-state index in [4.69, 9.17) is 4.74 Å². The summed E-state index contributed by atoms with van der Waals surface area (Å²) in [5.41, 5.74) is 0.141. The van der Waals surface area contributed by atoms with E-state index in [1.54, 1.807) is 0 Å². The lowest BCUT2D eigenvalue weighted by atomic mass is 9.80. The molecule has 0 aliphatic carbocycles. The third-order valence-electron chi connectivity index (χ3n) is 3.91. The Morgan fingerprint density at radius 3 is 2.88 bits per heavy atom. The van der Waals surface area contributed by atoms with Crippen molar-refractivity contribution in [2.75, 3.05) is 18.1 Å². The minimum absolute atomic E-state index is 0.141. The minimum Gasteiger partial charge on any atom is -0.375 e. The first kappa shape index (κ1) is 12.4. The van der Waals surface area contributed by atoms with E-state index in [0.717, 1.165) is 25.9 Å². The van der Waals surface area contributed by atoms with Crippen molar-refractivity contribution >= 4 is 17.5 Å². The van der Waals surface area contributed by atoms with E-state index < -0.39 is 0 Å². The molecule has 1 atom stereocenters. The molecule has 0 aromatic rings. The van der Waals surface area contributed by atoms with Crippen molar-refractivity contribution in [3.05, 3.63) is 0 Å². The Labute approximate surface area is 103 Å². The molecule has 16 heavy (non-hydrogen) atoms. The van der Waals surface area contributed by atoms with Crippen LogP contribution in [0.4, 0.5) is 0 Å². The Kier molecular flexibility index (Phi) is 4.31. The first-order chi connectivity index (χ1) is 7.74. The number of Topliss-reactive ketones (excluding diaryl/α,β-unsaturated/α-hetero) is 1. The van der Waals surface area contributed by atoms with Crippen LogP contribution in [-0.2, 0) is 9.53 Å². The lowest BCUT2D eigenvalue weighted by Gasteiger charge is -2.43. The molecule has 2 heterocycles. The Morgan fingerprint density at radius 1 is 1.44 bits per heavy atom. The number of ketones is 1. The molecule has 2 nitrogen and oxygen atoms in total. The molecular weight excluding hydrogens is 220 g/mol. The van der Waals surface area contributed by atoms with Crippen LogP contribution in [0.2, 0.25) is 0 Å². The smallest absolute Gasteiger partial charge is 0.132 e. The third-order valence-corrected chi connectivity index (χ3v) is 4.90. The van der Waals surface area contributed by atoms with Gasteiger partial charge in [0.15, 0.2) is 0 Å². The highest BCUT2D eigenvalue weighted by molar-refractivity contribution is 7.99. The molecule has 1 spiro atoms. The summed E-state index contributed by atoms with van der Waals surface area (Å²) in [4.78, 5) is 11.5. The van der Waals surface area contributed by atoms with Crippen LogP contribution in [-0.4, -0.2) is 29.5 Å². The van der Waals surface area contributed by atoms with Gasteiger partial charge < -0.3 is 4.74 Å². The molecule has 0 aromatic heterocycles. The molecule has 0 N–H and O–H groups in total. The van der Waals surface area contributed by atoms with Crippen molar-refractivity contribution in [3.8, 4) is 0 Å². The zero-order valence-electron chi connectivity index (χ0n) is 10.2. The van der Waals surface area contributed by atoms with Crippen molar-refractivity contribution in [2.24, 2.45) is 5.92 Å². The molecule has 0 aromatic carbocycles. The van der Waals surface area contributed by atoms with Gasteiger partial charge in [-0.15, -0.1) is 0 Å². The highest BCUT2D eigenvalue weighted by Gasteiger charge is 2.38. The van der Waals surface area contributed by atoms with Gasteiger partial charge in [-0.3, -0.25) is 4.79 Å². The first-order valence-corrected chi connectivity index (χ1v) is 7.63. The average Bonchev–Trinajstić information content (AvgIpc) is 2.30. The third kappa shape index (κ3) is 3.01. The molecule has 0 saturated carbocycles. The van der Waals surface area contributed by atoms with Gasteiger partial charge in [0.1, 0.15) is 5.78 Å². The SMILES string of the molecule is CCC(=O)CC1CCOC2(CCSCC2)C1. The van der Waals surface area contributed by atoms with Crippen LogP contribution in [0.3, 0.4) is 0 Å². The summed E-state index contributed by atoms with van der Waals surface area (Å²) >= 11 is 2.04. The van der Waals surface area contributed by atoms with Crippen molar-refractivity contribution < 1.29 is 9.53 Å². The monoisotopic (exact) mass is 242 g/mol. The Morgan fingerprint density at radius 2 is 2.19 bits per heavy atom. The van der Waals surface area contributed by atoms with Gasteiger partial charge in [0, 0.05) is 19.4 Å². The molecular formula is C13H22O2S. The molecule has 2 fully saturated rings. The fourth-order valence-electron chi connectivity index (χ4n) is 2.86. The number of hydrogen-bond donors (Lipinski definition) is 0. The van der Waals surface area contributed by atoms with Gasteiger partial charge in [-0.05, 0) is 43.1 Å². The molecule has 2 aliphatic rings. The summed E-state index contributed by atoms with van der Waals surface area (Å²) in [5.74, 6) is 3.47. The van der Waals surface area contributed by atoms with Crippen molar-refractivity contribution in [1.29, 1.82) is 0 Å². The molecule has 0 amide bonds. The second-order valence-electron chi connectivity index (χ2n) is 5.10. The second kappa shape index (κ2) is 5.54. The highest BCUT2D eigenvalue weighted by atomic mass is 32.2. The maximum absolute atomic E-state index is 11.5. The van der Waals surface area contributed by atoms with Gasteiger partial charge in [-0.2, -0.15) is 11.8 Å². The normalized spacial score (nSPS) is 29.2. The maximum Gasteiger partial charge on any atom is 0.132 e. The summed E-state index contributed by atoms with van der Waals surface area (Å²) in [6.07, 6.45) is 6.07. The zero-order chi connectivity index (χ0) is 11.4. The quantitative estimate of drug-likeness (QED) is 0.761. The van der Waals surface area contributed by atoms with E-state index in [0.29, 0.717) is 18.1 Å². The van der Waals surface area contributed by atoms with Crippen molar-refractivity contribution in [2.45, 2.75) is 51.0 Å². The van der Waals surface area contributed by atoms with Crippen LogP contribution in [0.25, 0.3) is 0 Å². The van der Waals surface area contributed by atoms with Gasteiger partial charge in [-0.1, -0.05) is 6.92 Å². The molecule has 2 rings (SSSR count). The van der Waals surface area contributed by atoms with Crippen LogP contribution in [0.5, 0.6) is 0 Å².